The number of rotatable bonds is 6. The Morgan fingerprint density at radius 1 is 1.12 bits per heavy atom. The van der Waals surface area contributed by atoms with Crippen LogP contribution in [0.15, 0.2) is 60.0 Å². The van der Waals surface area contributed by atoms with E-state index in [4.69, 9.17) is 11.6 Å². The van der Waals surface area contributed by atoms with Gasteiger partial charge in [0.1, 0.15) is 0 Å². The third kappa shape index (κ3) is 5.27. The summed E-state index contributed by atoms with van der Waals surface area (Å²) in [7, 11) is 0. The quantitative estimate of drug-likeness (QED) is 0.509. The van der Waals surface area contributed by atoms with Crippen LogP contribution in [0.1, 0.15) is 30.7 Å². The molecule has 6 nitrogen and oxygen atoms in total. The van der Waals surface area contributed by atoms with Crippen LogP contribution >= 0.6 is 22.9 Å². The van der Waals surface area contributed by atoms with Crippen molar-refractivity contribution in [1.29, 1.82) is 0 Å². The number of benzene rings is 2. The van der Waals surface area contributed by atoms with Gasteiger partial charge in [-0.05, 0) is 30.4 Å². The highest BCUT2D eigenvalue weighted by Crippen LogP contribution is 2.39. The third-order valence-corrected chi connectivity index (χ3v) is 7.34. The molecule has 1 saturated heterocycles. The number of carbonyl (C=O) groups excluding carboxylic acids is 1. The fourth-order valence-corrected chi connectivity index (χ4v) is 5.52. The third-order valence-electron chi connectivity index (χ3n) is 6.15. The Bertz CT molecular complexity index is 1120. The monoisotopic (exact) mass is 484 g/mol. The highest BCUT2D eigenvalue weighted by atomic mass is 35.5. The summed E-state index contributed by atoms with van der Waals surface area (Å²) in [6.07, 6.45) is 1.05. The molecule has 3 aromatic rings. The Kier molecular flexibility index (Phi) is 7.42. The van der Waals surface area contributed by atoms with Crippen molar-refractivity contribution in [3.63, 3.8) is 0 Å². The zero-order valence-corrected chi connectivity index (χ0v) is 19.5. The van der Waals surface area contributed by atoms with Crippen molar-refractivity contribution >= 4 is 39.9 Å². The van der Waals surface area contributed by atoms with E-state index in [2.05, 4.69) is 4.98 Å². The largest absolute Gasteiger partial charge is 0.481 e. The molecule has 1 aliphatic heterocycles. The molecule has 2 N–H and O–H groups in total. The molecule has 4 rings (SSSR count). The summed E-state index contributed by atoms with van der Waals surface area (Å²) in [5.74, 6) is -2.39. The number of carboxylic acid groups (broad SMARTS) is 1. The van der Waals surface area contributed by atoms with Crippen LogP contribution in [0.5, 0.6) is 0 Å². The number of aromatic nitrogens is 1. The topological polar surface area (TPSA) is 90.7 Å². The van der Waals surface area contributed by atoms with Crippen molar-refractivity contribution in [2.75, 3.05) is 18.1 Å². The number of hydrogen-bond acceptors (Lipinski definition) is 5. The molecule has 1 aliphatic rings. The van der Waals surface area contributed by atoms with Gasteiger partial charge in [0.05, 0.1) is 18.0 Å². The fraction of sp³-hybridized carbons (Fsp3) is 0.320. The number of aliphatic carboxylic acids is 1. The van der Waals surface area contributed by atoms with Crippen molar-refractivity contribution in [3.05, 3.63) is 70.6 Å². The number of amides is 1. The summed E-state index contributed by atoms with van der Waals surface area (Å²) in [6, 6.07) is 16.9. The Morgan fingerprint density at radius 2 is 1.85 bits per heavy atom. The van der Waals surface area contributed by atoms with Crippen LogP contribution < -0.4 is 4.90 Å². The second kappa shape index (κ2) is 10.5. The standard InChI is InChI=1S/C25H25ClN2O4S/c26-21-9-5-4-8-19(21)22-15-33-25(27-22)28-13-16(14-29)10-11-18(17-6-2-1-3-7-17)20(24(28)32)12-23(30)31/h1-9,15-16,18,20,29H,10-14H2,(H,30,31). The summed E-state index contributed by atoms with van der Waals surface area (Å²) in [5.41, 5.74) is 2.36. The van der Waals surface area contributed by atoms with Crippen molar-refractivity contribution in [2.24, 2.45) is 11.8 Å². The maximum atomic E-state index is 13.8. The average molecular weight is 485 g/mol. The van der Waals surface area contributed by atoms with E-state index < -0.39 is 11.9 Å². The van der Waals surface area contributed by atoms with E-state index in [-0.39, 0.29) is 30.8 Å². The zero-order chi connectivity index (χ0) is 23.4. The van der Waals surface area contributed by atoms with E-state index in [1.165, 1.54) is 11.3 Å². The van der Waals surface area contributed by atoms with Gasteiger partial charge in [-0.15, -0.1) is 11.3 Å². The van der Waals surface area contributed by atoms with Crippen molar-refractivity contribution < 1.29 is 19.8 Å². The van der Waals surface area contributed by atoms with Gasteiger partial charge >= 0.3 is 5.97 Å². The van der Waals surface area contributed by atoms with Crippen molar-refractivity contribution in [2.45, 2.75) is 25.2 Å². The number of carbonyl (C=O) groups is 2. The molecule has 8 heteroatoms. The highest BCUT2D eigenvalue weighted by molar-refractivity contribution is 7.14. The molecule has 0 radical (unpaired) electrons. The minimum absolute atomic E-state index is 0.0579. The summed E-state index contributed by atoms with van der Waals surface area (Å²) >= 11 is 7.65. The van der Waals surface area contributed by atoms with Crippen LogP contribution in [0.25, 0.3) is 11.3 Å². The van der Waals surface area contributed by atoms with Gasteiger partial charge in [0.15, 0.2) is 5.13 Å². The molecule has 0 bridgehead atoms. The first-order valence-electron chi connectivity index (χ1n) is 10.9. The molecule has 0 saturated carbocycles. The molecule has 1 amide bonds. The Balaban J connectivity index is 1.73. The molecule has 1 fully saturated rings. The fourth-order valence-electron chi connectivity index (χ4n) is 4.45. The van der Waals surface area contributed by atoms with E-state index in [9.17, 15) is 19.8 Å². The predicted octanol–water partition coefficient (Wildman–Crippen LogP) is 5.07. The number of carboxylic acids is 1. The molecule has 2 aromatic carbocycles. The number of anilines is 1. The SMILES string of the molecule is O=C(O)CC1C(=O)N(c2nc(-c3ccccc3Cl)cs2)CC(CO)CCC1c1ccccc1. The lowest BCUT2D eigenvalue weighted by Gasteiger charge is -2.35. The molecule has 2 heterocycles. The number of halogens is 1. The van der Waals surface area contributed by atoms with Gasteiger partial charge in [-0.2, -0.15) is 0 Å². The van der Waals surface area contributed by atoms with Gasteiger partial charge in [-0.1, -0.05) is 60.1 Å². The first-order chi connectivity index (χ1) is 16.0. The number of aliphatic hydroxyl groups is 1. The van der Waals surface area contributed by atoms with Crippen molar-refractivity contribution in [1.82, 2.24) is 4.98 Å². The lowest BCUT2D eigenvalue weighted by Crippen LogP contribution is -2.45. The van der Waals surface area contributed by atoms with Gasteiger partial charge in [0, 0.05) is 35.0 Å². The molecule has 33 heavy (non-hydrogen) atoms. The summed E-state index contributed by atoms with van der Waals surface area (Å²) in [6.45, 7) is 0.236. The Morgan fingerprint density at radius 3 is 2.55 bits per heavy atom. The molecule has 0 aliphatic carbocycles. The van der Waals surface area contributed by atoms with Crippen molar-refractivity contribution in [3.8, 4) is 11.3 Å². The smallest absolute Gasteiger partial charge is 0.304 e. The molecule has 3 atom stereocenters. The van der Waals surface area contributed by atoms with Gasteiger partial charge in [0.2, 0.25) is 5.91 Å². The summed E-state index contributed by atoms with van der Waals surface area (Å²) < 4.78 is 0. The number of thiazole rings is 1. The first kappa shape index (κ1) is 23.4. The van der Waals surface area contributed by atoms with Crippen LogP contribution in [-0.2, 0) is 9.59 Å². The highest BCUT2D eigenvalue weighted by Gasteiger charge is 2.39. The second-order valence-electron chi connectivity index (χ2n) is 8.29. The number of hydrogen-bond donors (Lipinski definition) is 2. The molecule has 3 unspecified atom stereocenters. The summed E-state index contributed by atoms with van der Waals surface area (Å²) in [5, 5.41) is 22.5. The molecule has 0 spiro atoms. The van der Waals surface area contributed by atoms with Gasteiger partial charge < -0.3 is 10.2 Å². The van der Waals surface area contributed by atoms with Crippen LogP contribution in [0.3, 0.4) is 0 Å². The second-order valence-corrected chi connectivity index (χ2v) is 9.54. The first-order valence-corrected chi connectivity index (χ1v) is 12.1. The lowest BCUT2D eigenvalue weighted by molar-refractivity contribution is -0.141. The number of aliphatic hydroxyl groups excluding tert-OH is 1. The molecule has 1 aromatic heterocycles. The zero-order valence-electron chi connectivity index (χ0n) is 17.9. The van der Waals surface area contributed by atoms with Gasteiger partial charge in [-0.3, -0.25) is 14.5 Å². The molecular weight excluding hydrogens is 460 g/mol. The predicted molar refractivity (Wildman–Crippen MR) is 130 cm³/mol. The normalized spacial score (nSPS) is 21.5. The van der Waals surface area contributed by atoms with Crippen LogP contribution in [-0.4, -0.2) is 40.2 Å². The minimum Gasteiger partial charge on any atom is -0.481 e. The Labute approximate surface area is 201 Å². The Hall–Kier alpha value is -2.74. The average Bonchev–Trinajstić information content (AvgIpc) is 3.29. The molecule has 172 valence electrons. The van der Waals surface area contributed by atoms with E-state index in [0.29, 0.717) is 35.2 Å². The van der Waals surface area contributed by atoms with E-state index in [1.54, 1.807) is 11.0 Å². The maximum absolute atomic E-state index is 13.8. The number of nitrogens with zero attached hydrogens (tertiary/aromatic N) is 2. The van der Waals surface area contributed by atoms with E-state index in [1.807, 2.05) is 53.9 Å². The van der Waals surface area contributed by atoms with Crippen LogP contribution in [0.4, 0.5) is 5.13 Å². The summed E-state index contributed by atoms with van der Waals surface area (Å²) in [4.78, 5) is 31.8. The van der Waals surface area contributed by atoms with Gasteiger partial charge in [-0.25, -0.2) is 4.98 Å². The van der Waals surface area contributed by atoms with Crippen LogP contribution in [0, 0.1) is 11.8 Å². The maximum Gasteiger partial charge on any atom is 0.304 e. The van der Waals surface area contributed by atoms with E-state index >= 15 is 0 Å². The van der Waals surface area contributed by atoms with Gasteiger partial charge in [0.25, 0.3) is 0 Å². The van der Waals surface area contributed by atoms with Crippen LogP contribution in [0.2, 0.25) is 5.02 Å². The minimum atomic E-state index is -1.01. The lowest BCUT2D eigenvalue weighted by atomic mass is 9.77. The molecular formula is C25H25ClN2O4S. The van der Waals surface area contributed by atoms with E-state index in [0.717, 1.165) is 11.1 Å².